The van der Waals surface area contributed by atoms with Gasteiger partial charge in [-0.1, -0.05) is 26.0 Å². The maximum Gasteiger partial charge on any atom is 0.224 e. The molecule has 1 saturated heterocycles. The first-order valence-corrected chi connectivity index (χ1v) is 9.28. The third kappa shape index (κ3) is 2.74. The molecule has 5 heteroatoms. The average Bonchev–Trinajstić information content (AvgIpc) is 3.14. The molecule has 5 nitrogen and oxygen atoms in total. The van der Waals surface area contributed by atoms with Gasteiger partial charge in [0.15, 0.2) is 0 Å². The van der Waals surface area contributed by atoms with Crippen LogP contribution in [0.1, 0.15) is 50.2 Å². The minimum atomic E-state index is -0.603. The zero-order chi connectivity index (χ0) is 17.7. The molecule has 25 heavy (non-hydrogen) atoms. The number of hydrogen-bond acceptors (Lipinski definition) is 4. The van der Waals surface area contributed by atoms with Gasteiger partial charge in [0.25, 0.3) is 0 Å². The Morgan fingerprint density at radius 2 is 2.20 bits per heavy atom. The van der Waals surface area contributed by atoms with Crippen LogP contribution in [0.2, 0.25) is 0 Å². The molecule has 1 saturated carbocycles. The molecule has 1 spiro atoms. The van der Waals surface area contributed by atoms with Gasteiger partial charge in [-0.25, -0.2) is 0 Å². The molecule has 3 atom stereocenters. The van der Waals surface area contributed by atoms with Crippen molar-refractivity contribution in [3.63, 3.8) is 0 Å². The summed E-state index contributed by atoms with van der Waals surface area (Å²) in [4.78, 5) is 12.9. The quantitative estimate of drug-likeness (QED) is 0.877. The van der Waals surface area contributed by atoms with E-state index in [9.17, 15) is 9.90 Å². The Morgan fingerprint density at radius 3 is 2.88 bits per heavy atom. The van der Waals surface area contributed by atoms with Gasteiger partial charge in [0, 0.05) is 23.5 Å². The molecule has 0 unspecified atom stereocenters. The second kappa shape index (κ2) is 5.99. The van der Waals surface area contributed by atoms with E-state index in [2.05, 4.69) is 37.4 Å². The Labute approximate surface area is 148 Å². The molecule has 2 aliphatic heterocycles. The van der Waals surface area contributed by atoms with Gasteiger partial charge in [0.05, 0.1) is 25.4 Å². The molecule has 0 aromatic heterocycles. The van der Waals surface area contributed by atoms with Crippen LogP contribution in [0.25, 0.3) is 0 Å². The van der Waals surface area contributed by atoms with Gasteiger partial charge < -0.3 is 19.9 Å². The van der Waals surface area contributed by atoms with E-state index in [1.165, 1.54) is 11.1 Å². The summed E-state index contributed by atoms with van der Waals surface area (Å²) in [6.07, 6.45) is 2.41. The largest absolute Gasteiger partial charge is 0.493 e. The standard InChI is InChI=1S/C20H27NO4/c1-13(2)14-3-4-17-15(9-14)20(6-8-25-17)10-16(20)18(23)21-19(11-22)5-7-24-12-19/h3-4,9,13,16,22H,5-8,10-12H2,1-2H3,(H,21,23)/t16-,19+,20-/m0/s1. The normalized spacial score (nSPS) is 33.2. The highest BCUT2D eigenvalue weighted by Gasteiger charge is 2.61. The Bertz CT molecular complexity index is 680. The van der Waals surface area contributed by atoms with E-state index in [1.807, 2.05) is 0 Å². The highest BCUT2D eigenvalue weighted by molar-refractivity contribution is 5.85. The second-order valence-corrected chi connectivity index (χ2v) is 8.15. The molecule has 136 valence electrons. The molecule has 2 N–H and O–H groups in total. The van der Waals surface area contributed by atoms with Crippen molar-refractivity contribution in [1.82, 2.24) is 5.32 Å². The van der Waals surface area contributed by atoms with Crippen LogP contribution in [0.4, 0.5) is 0 Å². The van der Waals surface area contributed by atoms with Crippen molar-refractivity contribution in [3.05, 3.63) is 29.3 Å². The monoisotopic (exact) mass is 345 g/mol. The fourth-order valence-corrected chi connectivity index (χ4v) is 4.34. The van der Waals surface area contributed by atoms with Crippen LogP contribution in [-0.4, -0.2) is 43.0 Å². The van der Waals surface area contributed by atoms with Crippen LogP contribution in [0.15, 0.2) is 18.2 Å². The van der Waals surface area contributed by atoms with Gasteiger partial charge in [-0.2, -0.15) is 0 Å². The SMILES string of the molecule is CC(C)c1ccc2c(c1)[C@]1(CCO2)C[C@H]1C(=O)N[C@@]1(CO)CCOC1. The topological polar surface area (TPSA) is 67.8 Å². The van der Waals surface area contributed by atoms with Gasteiger partial charge in [-0.15, -0.1) is 0 Å². The van der Waals surface area contributed by atoms with Crippen LogP contribution in [0, 0.1) is 5.92 Å². The maximum absolute atomic E-state index is 12.9. The van der Waals surface area contributed by atoms with Gasteiger partial charge in [0.2, 0.25) is 5.91 Å². The second-order valence-electron chi connectivity index (χ2n) is 8.15. The molecule has 2 heterocycles. The highest BCUT2D eigenvalue weighted by Crippen LogP contribution is 2.61. The summed E-state index contributed by atoms with van der Waals surface area (Å²) in [5.41, 5.74) is 1.77. The Hall–Kier alpha value is -1.59. The van der Waals surface area contributed by atoms with Gasteiger partial charge >= 0.3 is 0 Å². The Balaban J connectivity index is 1.57. The summed E-state index contributed by atoms with van der Waals surface area (Å²) in [5.74, 6) is 1.37. The summed E-state index contributed by atoms with van der Waals surface area (Å²) in [6, 6.07) is 6.41. The Kier molecular flexibility index (Phi) is 4.04. The average molecular weight is 345 g/mol. The van der Waals surface area contributed by atoms with Crippen molar-refractivity contribution in [2.45, 2.75) is 50.0 Å². The van der Waals surface area contributed by atoms with E-state index in [4.69, 9.17) is 9.47 Å². The lowest BCUT2D eigenvalue weighted by atomic mass is 9.84. The molecule has 1 aliphatic carbocycles. The van der Waals surface area contributed by atoms with Gasteiger partial charge in [-0.3, -0.25) is 4.79 Å². The van der Waals surface area contributed by atoms with Crippen molar-refractivity contribution < 1.29 is 19.4 Å². The number of ether oxygens (including phenoxy) is 2. The van der Waals surface area contributed by atoms with Gasteiger partial charge in [0.1, 0.15) is 5.75 Å². The van der Waals surface area contributed by atoms with Crippen molar-refractivity contribution in [1.29, 1.82) is 0 Å². The van der Waals surface area contributed by atoms with E-state index in [1.54, 1.807) is 0 Å². The third-order valence-electron chi connectivity index (χ3n) is 6.20. The molecule has 0 bridgehead atoms. The summed E-state index contributed by atoms with van der Waals surface area (Å²) >= 11 is 0. The first kappa shape index (κ1) is 16.9. The highest BCUT2D eigenvalue weighted by atomic mass is 16.5. The lowest BCUT2D eigenvalue weighted by molar-refractivity contribution is -0.125. The van der Waals surface area contributed by atoms with E-state index < -0.39 is 5.54 Å². The Morgan fingerprint density at radius 1 is 1.36 bits per heavy atom. The van der Waals surface area contributed by atoms with E-state index in [0.717, 1.165) is 18.6 Å². The number of benzene rings is 1. The first-order valence-electron chi connectivity index (χ1n) is 9.28. The number of rotatable bonds is 4. The summed E-state index contributed by atoms with van der Waals surface area (Å²) < 4.78 is 11.2. The van der Waals surface area contributed by atoms with E-state index in [0.29, 0.717) is 32.2 Å². The number of carbonyl (C=O) groups excluding carboxylic acids is 1. The lowest BCUT2D eigenvalue weighted by Crippen LogP contribution is -2.53. The summed E-state index contributed by atoms with van der Waals surface area (Å²) in [7, 11) is 0. The molecule has 1 aromatic rings. The van der Waals surface area contributed by atoms with Crippen molar-refractivity contribution >= 4 is 5.91 Å². The third-order valence-corrected chi connectivity index (χ3v) is 6.20. The molecule has 2 fully saturated rings. The van der Waals surface area contributed by atoms with Crippen LogP contribution >= 0.6 is 0 Å². The van der Waals surface area contributed by atoms with Crippen molar-refractivity contribution in [2.24, 2.45) is 5.92 Å². The van der Waals surface area contributed by atoms with Crippen LogP contribution in [0.5, 0.6) is 5.75 Å². The molecule has 0 radical (unpaired) electrons. The van der Waals surface area contributed by atoms with Crippen molar-refractivity contribution in [2.75, 3.05) is 26.4 Å². The molecule has 1 amide bonds. The number of nitrogens with one attached hydrogen (secondary N) is 1. The summed E-state index contributed by atoms with van der Waals surface area (Å²) in [6.45, 7) is 5.93. The maximum atomic E-state index is 12.9. The lowest BCUT2D eigenvalue weighted by Gasteiger charge is -2.30. The zero-order valence-electron chi connectivity index (χ0n) is 15.0. The summed E-state index contributed by atoms with van der Waals surface area (Å²) in [5, 5.41) is 12.8. The van der Waals surface area contributed by atoms with E-state index in [-0.39, 0.29) is 23.8 Å². The number of hydrogen-bond donors (Lipinski definition) is 2. The molecule has 3 aliphatic rings. The minimum Gasteiger partial charge on any atom is -0.493 e. The smallest absolute Gasteiger partial charge is 0.224 e. The van der Waals surface area contributed by atoms with Gasteiger partial charge in [-0.05, 0) is 36.8 Å². The van der Waals surface area contributed by atoms with Crippen LogP contribution in [-0.2, 0) is 14.9 Å². The predicted molar refractivity (Wildman–Crippen MR) is 93.8 cm³/mol. The molecule has 4 rings (SSSR count). The van der Waals surface area contributed by atoms with Crippen molar-refractivity contribution in [3.8, 4) is 5.75 Å². The number of aliphatic hydroxyl groups is 1. The molecular formula is C20H27NO4. The number of fused-ring (bicyclic) bond motifs is 2. The minimum absolute atomic E-state index is 0.0402. The predicted octanol–water partition coefficient (Wildman–Crippen LogP) is 2.12. The van der Waals surface area contributed by atoms with Crippen LogP contribution in [0.3, 0.4) is 0 Å². The zero-order valence-corrected chi connectivity index (χ0v) is 15.0. The number of aliphatic hydroxyl groups excluding tert-OH is 1. The van der Waals surface area contributed by atoms with E-state index >= 15 is 0 Å². The first-order chi connectivity index (χ1) is 12.0. The molecule has 1 aromatic carbocycles. The number of amides is 1. The molecular weight excluding hydrogens is 318 g/mol. The fraction of sp³-hybridized carbons (Fsp3) is 0.650. The fourth-order valence-electron chi connectivity index (χ4n) is 4.34. The number of carbonyl (C=O) groups is 1. The van der Waals surface area contributed by atoms with Crippen LogP contribution < -0.4 is 10.1 Å².